The first-order valence-electron chi connectivity index (χ1n) is 4.50. The molecule has 14 heavy (non-hydrogen) atoms. The van der Waals surface area contributed by atoms with Crippen LogP contribution in [0, 0.1) is 4.77 Å². The SMILES string of the molecule is CC(C)n1ccc(-n2cc[nH]c2=S)n1. The fraction of sp³-hybridized carbons (Fsp3) is 0.333. The van der Waals surface area contributed by atoms with Crippen LogP contribution in [0.3, 0.4) is 0 Å². The Morgan fingerprint density at radius 3 is 2.71 bits per heavy atom. The molecule has 0 aliphatic rings. The molecule has 0 bridgehead atoms. The van der Waals surface area contributed by atoms with Crippen molar-refractivity contribution < 1.29 is 0 Å². The van der Waals surface area contributed by atoms with Crippen LogP contribution in [0.15, 0.2) is 24.7 Å². The number of rotatable bonds is 2. The Balaban J connectivity index is 2.44. The van der Waals surface area contributed by atoms with E-state index >= 15 is 0 Å². The molecule has 74 valence electrons. The van der Waals surface area contributed by atoms with Crippen LogP contribution in [0.25, 0.3) is 5.82 Å². The molecule has 0 saturated carbocycles. The van der Waals surface area contributed by atoms with Crippen LogP contribution in [0.5, 0.6) is 0 Å². The molecule has 4 nitrogen and oxygen atoms in total. The summed E-state index contributed by atoms with van der Waals surface area (Å²) >= 11 is 5.10. The summed E-state index contributed by atoms with van der Waals surface area (Å²) in [5.74, 6) is 0.852. The van der Waals surface area contributed by atoms with Crippen molar-refractivity contribution in [3.05, 3.63) is 29.4 Å². The van der Waals surface area contributed by atoms with Crippen molar-refractivity contribution in [1.29, 1.82) is 0 Å². The van der Waals surface area contributed by atoms with Gasteiger partial charge in [-0.05, 0) is 26.1 Å². The molecule has 0 amide bonds. The molecular formula is C9H12N4S. The summed E-state index contributed by atoms with van der Waals surface area (Å²) < 4.78 is 4.41. The van der Waals surface area contributed by atoms with Crippen molar-refractivity contribution in [2.45, 2.75) is 19.9 Å². The van der Waals surface area contributed by atoms with Crippen LogP contribution in [0.2, 0.25) is 0 Å². The number of aromatic nitrogens is 4. The summed E-state index contributed by atoms with van der Waals surface area (Å²) in [7, 11) is 0. The minimum atomic E-state index is 0.372. The third kappa shape index (κ3) is 1.50. The first kappa shape index (κ1) is 9.21. The predicted molar refractivity (Wildman–Crippen MR) is 57.1 cm³/mol. The van der Waals surface area contributed by atoms with E-state index in [0.29, 0.717) is 10.8 Å². The summed E-state index contributed by atoms with van der Waals surface area (Å²) in [5.41, 5.74) is 0. The molecule has 1 N–H and O–H groups in total. The van der Waals surface area contributed by atoms with Crippen molar-refractivity contribution in [1.82, 2.24) is 19.3 Å². The van der Waals surface area contributed by atoms with Crippen molar-refractivity contribution in [2.75, 3.05) is 0 Å². The molecule has 2 aromatic rings. The molecule has 0 fully saturated rings. The average Bonchev–Trinajstić information content (AvgIpc) is 2.71. The molecule has 2 aromatic heterocycles. The Morgan fingerprint density at radius 1 is 1.43 bits per heavy atom. The number of nitrogens with zero attached hydrogens (tertiary/aromatic N) is 3. The van der Waals surface area contributed by atoms with Gasteiger partial charge in [0.2, 0.25) is 0 Å². The number of imidazole rings is 1. The molecule has 0 atom stereocenters. The van der Waals surface area contributed by atoms with Crippen LogP contribution in [-0.2, 0) is 0 Å². The molecule has 0 aliphatic heterocycles. The second-order valence-corrected chi connectivity index (χ2v) is 3.77. The van der Waals surface area contributed by atoms with Crippen LogP contribution in [0.4, 0.5) is 0 Å². The van der Waals surface area contributed by atoms with E-state index in [9.17, 15) is 0 Å². The number of aromatic amines is 1. The number of nitrogens with one attached hydrogen (secondary N) is 1. The molecule has 0 spiro atoms. The van der Waals surface area contributed by atoms with Crippen molar-refractivity contribution in [2.24, 2.45) is 0 Å². The Morgan fingerprint density at radius 2 is 2.21 bits per heavy atom. The number of hydrogen-bond donors (Lipinski definition) is 1. The van der Waals surface area contributed by atoms with Gasteiger partial charge in [-0.15, -0.1) is 0 Å². The van der Waals surface area contributed by atoms with E-state index in [0.717, 1.165) is 5.82 Å². The van der Waals surface area contributed by atoms with Gasteiger partial charge in [-0.3, -0.25) is 9.25 Å². The van der Waals surface area contributed by atoms with Gasteiger partial charge in [0.1, 0.15) is 0 Å². The highest BCUT2D eigenvalue weighted by atomic mass is 32.1. The van der Waals surface area contributed by atoms with E-state index < -0.39 is 0 Å². The van der Waals surface area contributed by atoms with E-state index in [1.807, 2.05) is 27.7 Å². The highest BCUT2D eigenvalue weighted by Crippen LogP contribution is 2.08. The van der Waals surface area contributed by atoms with E-state index in [1.54, 1.807) is 6.20 Å². The van der Waals surface area contributed by atoms with Gasteiger partial charge in [-0.1, -0.05) is 0 Å². The highest BCUT2D eigenvalue weighted by molar-refractivity contribution is 7.71. The zero-order chi connectivity index (χ0) is 10.1. The minimum absolute atomic E-state index is 0.372. The normalized spacial score (nSPS) is 11.1. The fourth-order valence-electron chi connectivity index (χ4n) is 1.24. The fourth-order valence-corrected chi connectivity index (χ4v) is 1.47. The van der Waals surface area contributed by atoms with Gasteiger partial charge in [0.15, 0.2) is 10.6 Å². The van der Waals surface area contributed by atoms with E-state index in [4.69, 9.17) is 12.2 Å². The Kier molecular flexibility index (Phi) is 2.25. The van der Waals surface area contributed by atoms with Gasteiger partial charge < -0.3 is 4.98 Å². The molecule has 0 aromatic carbocycles. The van der Waals surface area contributed by atoms with E-state index in [-0.39, 0.29) is 0 Å². The van der Waals surface area contributed by atoms with Gasteiger partial charge in [0.25, 0.3) is 0 Å². The van der Waals surface area contributed by atoms with Crippen molar-refractivity contribution >= 4 is 12.2 Å². The summed E-state index contributed by atoms with van der Waals surface area (Å²) in [6.07, 6.45) is 5.63. The third-order valence-corrected chi connectivity index (χ3v) is 2.33. The predicted octanol–water partition coefficient (Wildman–Crippen LogP) is 2.31. The standard InChI is InChI=1S/C9H12N4S/c1-7(2)13-5-3-8(11-13)12-6-4-10-9(12)14/h3-7H,1-2H3,(H,10,14). The minimum Gasteiger partial charge on any atom is -0.337 e. The molecule has 0 saturated heterocycles. The lowest BCUT2D eigenvalue weighted by molar-refractivity contribution is 0.529. The molecule has 2 rings (SSSR count). The van der Waals surface area contributed by atoms with Gasteiger partial charge >= 0.3 is 0 Å². The van der Waals surface area contributed by atoms with Gasteiger partial charge in [0.05, 0.1) is 0 Å². The molecule has 2 heterocycles. The number of hydrogen-bond acceptors (Lipinski definition) is 2. The quantitative estimate of drug-likeness (QED) is 0.769. The summed E-state index contributed by atoms with van der Waals surface area (Å²) in [4.78, 5) is 2.93. The maximum atomic E-state index is 5.10. The molecule has 0 radical (unpaired) electrons. The van der Waals surface area contributed by atoms with E-state index in [2.05, 4.69) is 23.9 Å². The summed E-state index contributed by atoms with van der Waals surface area (Å²) in [5, 5.41) is 4.41. The third-order valence-electron chi connectivity index (χ3n) is 2.02. The first-order chi connectivity index (χ1) is 6.68. The maximum absolute atomic E-state index is 5.10. The number of H-pyrrole nitrogens is 1. The van der Waals surface area contributed by atoms with Crippen molar-refractivity contribution in [3.63, 3.8) is 0 Å². The molecular weight excluding hydrogens is 196 g/mol. The first-order valence-corrected chi connectivity index (χ1v) is 4.91. The zero-order valence-corrected chi connectivity index (χ0v) is 8.95. The van der Waals surface area contributed by atoms with Crippen LogP contribution in [0.1, 0.15) is 19.9 Å². The average molecular weight is 208 g/mol. The van der Waals surface area contributed by atoms with Crippen molar-refractivity contribution in [3.8, 4) is 5.82 Å². The largest absolute Gasteiger partial charge is 0.337 e. The molecule has 0 aliphatic carbocycles. The Bertz CT molecular complexity index is 477. The van der Waals surface area contributed by atoms with Gasteiger partial charge in [-0.2, -0.15) is 5.10 Å². The Labute approximate surface area is 87.2 Å². The second kappa shape index (κ2) is 3.42. The molecule has 5 heteroatoms. The van der Waals surface area contributed by atoms with E-state index in [1.165, 1.54) is 0 Å². The van der Waals surface area contributed by atoms with Crippen LogP contribution >= 0.6 is 12.2 Å². The second-order valence-electron chi connectivity index (χ2n) is 3.38. The lowest BCUT2D eigenvalue weighted by Gasteiger charge is -2.03. The smallest absolute Gasteiger partial charge is 0.183 e. The van der Waals surface area contributed by atoms with Gasteiger partial charge in [0, 0.05) is 30.7 Å². The monoisotopic (exact) mass is 208 g/mol. The lowest BCUT2D eigenvalue weighted by Crippen LogP contribution is -2.02. The Hall–Kier alpha value is -1.36. The van der Waals surface area contributed by atoms with Crippen LogP contribution < -0.4 is 0 Å². The van der Waals surface area contributed by atoms with Crippen LogP contribution in [-0.4, -0.2) is 19.3 Å². The summed E-state index contributed by atoms with van der Waals surface area (Å²) in [6.45, 7) is 4.18. The maximum Gasteiger partial charge on any atom is 0.183 e. The lowest BCUT2D eigenvalue weighted by atomic mass is 10.4. The van der Waals surface area contributed by atoms with Gasteiger partial charge in [-0.25, -0.2) is 0 Å². The highest BCUT2D eigenvalue weighted by Gasteiger charge is 2.03. The molecule has 0 unspecified atom stereocenters. The topological polar surface area (TPSA) is 38.5 Å². The summed E-state index contributed by atoms with van der Waals surface area (Å²) in [6, 6.07) is 2.32. The zero-order valence-electron chi connectivity index (χ0n) is 8.14.